The molecule has 0 aromatic carbocycles. The van der Waals surface area contributed by atoms with E-state index in [0.717, 1.165) is 41.8 Å². The van der Waals surface area contributed by atoms with Gasteiger partial charge in [0.2, 0.25) is 11.7 Å². The van der Waals surface area contributed by atoms with Crippen LogP contribution in [0.25, 0.3) is 11.1 Å². The molecule has 3 aromatic rings. The molecule has 4 heterocycles. The van der Waals surface area contributed by atoms with Gasteiger partial charge in [-0.05, 0) is 42.9 Å². The lowest BCUT2D eigenvalue weighted by atomic mass is 9.94. The summed E-state index contributed by atoms with van der Waals surface area (Å²) in [5.41, 5.74) is 3.53. The summed E-state index contributed by atoms with van der Waals surface area (Å²) in [6.07, 6.45) is 8.16. The molecule has 1 saturated heterocycles. The summed E-state index contributed by atoms with van der Waals surface area (Å²) in [5, 5.41) is 4.07. The van der Waals surface area contributed by atoms with Crippen LogP contribution in [0.3, 0.4) is 0 Å². The number of hydrogen-bond donors (Lipinski definition) is 0. The molecule has 0 saturated carbocycles. The molecule has 1 fully saturated rings. The Morgan fingerprint density at radius 2 is 2.00 bits per heavy atom. The zero-order chi connectivity index (χ0) is 22.0. The number of hydrogen-bond acceptors (Lipinski definition) is 7. The predicted molar refractivity (Wildman–Crippen MR) is 118 cm³/mol. The molecule has 162 valence electrons. The van der Waals surface area contributed by atoms with Gasteiger partial charge in [0.05, 0.1) is 17.4 Å². The molecule has 3 aromatic heterocycles. The zero-order valence-corrected chi connectivity index (χ0v) is 18.4. The first-order valence-corrected chi connectivity index (χ1v) is 10.7. The third-order valence-corrected chi connectivity index (χ3v) is 5.61. The molecule has 0 radical (unpaired) electrons. The van der Waals surface area contributed by atoms with Crippen LogP contribution in [-0.2, 0) is 0 Å². The molecule has 1 aliphatic heterocycles. The van der Waals surface area contributed by atoms with E-state index in [0.29, 0.717) is 12.5 Å². The number of anilines is 1. The Balaban J connectivity index is 1.76. The Kier molecular flexibility index (Phi) is 5.97. The molecule has 0 N–H and O–H groups in total. The van der Waals surface area contributed by atoms with Gasteiger partial charge >= 0.3 is 0 Å². The van der Waals surface area contributed by atoms with Gasteiger partial charge in [-0.2, -0.15) is 0 Å². The third-order valence-electron chi connectivity index (χ3n) is 5.61. The first kappa shape index (κ1) is 21.0. The normalized spacial score (nSPS) is 16.5. The highest BCUT2D eigenvalue weighted by Gasteiger charge is 2.34. The summed E-state index contributed by atoms with van der Waals surface area (Å²) in [6, 6.07) is 5.47. The number of rotatable bonds is 5. The van der Waals surface area contributed by atoms with E-state index in [1.165, 1.54) is 0 Å². The van der Waals surface area contributed by atoms with E-state index in [9.17, 15) is 4.79 Å². The standard InChI is InChI=1S/C23H28N6O2/c1-15(2)18-13-20(31-27-18)22(30)29-12-6-5-7-19(29)21-17(16-8-10-24-11-9-16)14-25-23(26-21)28(3)4/h8-11,13-15,19H,5-7,12H2,1-4H3/t19-/m0/s1. The predicted octanol–water partition coefficient (Wildman–Crippen LogP) is 4.08. The van der Waals surface area contributed by atoms with Crippen molar-refractivity contribution < 1.29 is 9.32 Å². The lowest BCUT2D eigenvalue weighted by Crippen LogP contribution is -2.39. The maximum Gasteiger partial charge on any atom is 0.293 e. The van der Waals surface area contributed by atoms with Crippen LogP contribution in [0, 0.1) is 0 Å². The molecule has 0 aliphatic carbocycles. The van der Waals surface area contributed by atoms with Crippen LogP contribution < -0.4 is 4.90 Å². The fraction of sp³-hybridized carbons (Fsp3) is 0.435. The lowest BCUT2D eigenvalue weighted by Gasteiger charge is -2.35. The maximum atomic E-state index is 13.4. The van der Waals surface area contributed by atoms with Crippen molar-refractivity contribution in [3.63, 3.8) is 0 Å². The van der Waals surface area contributed by atoms with Crippen molar-refractivity contribution >= 4 is 11.9 Å². The van der Waals surface area contributed by atoms with Crippen LogP contribution in [0.4, 0.5) is 5.95 Å². The summed E-state index contributed by atoms with van der Waals surface area (Å²) in [6.45, 7) is 4.71. The SMILES string of the molecule is CC(C)c1cc(C(=O)N2CCCC[C@H]2c2nc(N(C)C)ncc2-c2ccncc2)on1. The van der Waals surface area contributed by atoms with Gasteiger partial charge in [-0.3, -0.25) is 9.78 Å². The van der Waals surface area contributed by atoms with E-state index >= 15 is 0 Å². The van der Waals surface area contributed by atoms with Crippen molar-refractivity contribution in [1.29, 1.82) is 0 Å². The minimum atomic E-state index is -0.168. The van der Waals surface area contributed by atoms with E-state index in [1.807, 2.05) is 56.1 Å². The summed E-state index contributed by atoms with van der Waals surface area (Å²) in [5.74, 6) is 0.954. The monoisotopic (exact) mass is 420 g/mol. The van der Waals surface area contributed by atoms with Crippen molar-refractivity contribution in [2.24, 2.45) is 0 Å². The van der Waals surface area contributed by atoms with Crippen LogP contribution in [0.15, 0.2) is 41.3 Å². The van der Waals surface area contributed by atoms with Crippen LogP contribution in [-0.4, -0.2) is 51.6 Å². The number of likely N-dealkylation sites (tertiary alicyclic amines) is 1. The van der Waals surface area contributed by atoms with Gasteiger partial charge in [-0.15, -0.1) is 0 Å². The fourth-order valence-electron chi connectivity index (χ4n) is 3.87. The summed E-state index contributed by atoms with van der Waals surface area (Å²) < 4.78 is 5.41. The Bertz CT molecular complexity index is 1050. The molecule has 1 amide bonds. The Morgan fingerprint density at radius 1 is 1.23 bits per heavy atom. The maximum absolute atomic E-state index is 13.4. The van der Waals surface area contributed by atoms with Gasteiger partial charge in [-0.25, -0.2) is 9.97 Å². The van der Waals surface area contributed by atoms with Gasteiger partial charge in [0.25, 0.3) is 5.91 Å². The molecule has 0 bridgehead atoms. The quantitative estimate of drug-likeness (QED) is 0.614. The van der Waals surface area contributed by atoms with Crippen LogP contribution in [0.1, 0.15) is 67.0 Å². The second kappa shape index (κ2) is 8.83. The van der Waals surface area contributed by atoms with Gasteiger partial charge < -0.3 is 14.3 Å². The Hall–Kier alpha value is -3.29. The molecule has 31 heavy (non-hydrogen) atoms. The number of amides is 1. The molecule has 4 rings (SSSR count). The molecule has 8 heteroatoms. The minimum Gasteiger partial charge on any atom is -0.351 e. The molecular formula is C23H28N6O2. The molecular weight excluding hydrogens is 392 g/mol. The van der Waals surface area contributed by atoms with Crippen molar-refractivity contribution in [3.05, 3.63) is 53.9 Å². The third kappa shape index (κ3) is 4.28. The first-order valence-electron chi connectivity index (χ1n) is 10.7. The molecule has 0 unspecified atom stereocenters. The topological polar surface area (TPSA) is 88.3 Å². The number of nitrogens with zero attached hydrogens (tertiary/aromatic N) is 6. The van der Waals surface area contributed by atoms with E-state index < -0.39 is 0 Å². The second-order valence-electron chi connectivity index (χ2n) is 8.38. The number of aromatic nitrogens is 4. The van der Waals surface area contributed by atoms with Crippen LogP contribution in [0.2, 0.25) is 0 Å². The molecule has 8 nitrogen and oxygen atoms in total. The number of carbonyl (C=O) groups excluding carboxylic acids is 1. The van der Waals surface area contributed by atoms with Gasteiger partial charge in [0, 0.05) is 50.9 Å². The van der Waals surface area contributed by atoms with Crippen molar-refractivity contribution in [2.45, 2.75) is 45.1 Å². The number of carbonyl (C=O) groups is 1. The van der Waals surface area contributed by atoms with E-state index in [4.69, 9.17) is 9.51 Å². The van der Waals surface area contributed by atoms with Gasteiger partial charge in [0.1, 0.15) is 0 Å². The summed E-state index contributed by atoms with van der Waals surface area (Å²) in [7, 11) is 3.83. The summed E-state index contributed by atoms with van der Waals surface area (Å²) in [4.78, 5) is 30.7. The minimum absolute atomic E-state index is 0.144. The van der Waals surface area contributed by atoms with E-state index in [1.54, 1.807) is 18.5 Å². The highest BCUT2D eigenvalue weighted by Crippen LogP contribution is 2.37. The molecule has 1 aliphatic rings. The van der Waals surface area contributed by atoms with Crippen LogP contribution >= 0.6 is 0 Å². The highest BCUT2D eigenvalue weighted by atomic mass is 16.5. The second-order valence-corrected chi connectivity index (χ2v) is 8.38. The smallest absolute Gasteiger partial charge is 0.293 e. The van der Waals surface area contributed by atoms with Crippen molar-refractivity contribution in [3.8, 4) is 11.1 Å². The van der Waals surface area contributed by atoms with Crippen LogP contribution in [0.5, 0.6) is 0 Å². The molecule has 1 atom stereocenters. The lowest BCUT2D eigenvalue weighted by molar-refractivity contribution is 0.0564. The molecule has 0 spiro atoms. The Labute approximate surface area is 182 Å². The number of piperidine rings is 1. The van der Waals surface area contributed by atoms with Crippen molar-refractivity contribution in [1.82, 2.24) is 25.0 Å². The van der Waals surface area contributed by atoms with Gasteiger partial charge in [0.15, 0.2) is 0 Å². The van der Waals surface area contributed by atoms with Gasteiger partial charge in [-0.1, -0.05) is 19.0 Å². The Morgan fingerprint density at radius 3 is 2.68 bits per heavy atom. The number of pyridine rings is 1. The fourth-order valence-corrected chi connectivity index (χ4v) is 3.87. The van der Waals surface area contributed by atoms with Crippen molar-refractivity contribution in [2.75, 3.05) is 25.5 Å². The summed E-state index contributed by atoms with van der Waals surface area (Å²) >= 11 is 0. The van der Waals surface area contributed by atoms with E-state index in [-0.39, 0.29) is 23.6 Å². The average molecular weight is 421 g/mol. The average Bonchev–Trinajstić information content (AvgIpc) is 3.29. The first-order chi connectivity index (χ1) is 15.0. The zero-order valence-electron chi connectivity index (χ0n) is 18.4. The van der Waals surface area contributed by atoms with E-state index in [2.05, 4.69) is 15.1 Å². The highest BCUT2D eigenvalue weighted by molar-refractivity contribution is 5.92. The largest absolute Gasteiger partial charge is 0.351 e.